The molecule has 2 aliphatic heterocycles. The van der Waals surface area contributed by atoms with Crippen LogP contribution < -0.4 is 15.1 Å². The molecule has 14 heteroatoms. The Morgan fingerprint density at radius 1 is 0.955 bits per heavy atom. The molecule has 4 aromatic rings. The summed E-state index contributed by atoms with van der Waals surface area (Å²) in [5.74, 6) is -4.44. The topological polar surface area (TPSA) is 88.5 Å². The molecule has 3 atom stereocenters. The molecule has 226 valence electrons. The minimum Gasteiger partial charge on any atom is -0.325 e. The molecule has 0 spiro atoms. The van der Waals surface area contributed by atoms with Crippen LogP contribution in [0.2, 0.25) is 10.0 Å². The van der Waals surface area contributed by atoms with Crippen LogP contribution in [0.4, 0.5) is 24.5 Å². The number of hydrogen-bond acceptors (Lipinski definition) is 6. The Hall–Kier alpha value is -3.58. The van der Waals surface area contributed by atoms with Crippen molar-refractivity contribution in [3.8, 4) is 0 Å². The molecule has 3 heterocycles. The van der Waals surface area contributed by atoms with Gasteiger partial charge in [-0.15, -0.1) is 0 Å². The van der Waals surface area contributed by atoms with E-state index < -0.39 is 63.7 Å². The van der Waals surface area contributed by atoms with Gasteiger partial charge in [-0.2, -0.15) is 13.2 Å². The first kappa shape index (κ1) is 30.4. The van der Waals surface area contributed by atoms with Crippen molar-refractivity contribution in [2.24, 2.45) is 5.92 Å². The fourth-order valence-corrected chi connectivity index (χ4v) is 8.67. The highest BCUT2D eigenvalue weighted by atomic mass is 35.5. The average molecular weight is 679 g/mol. The van der Waals surface area contributed by atoms with Crippen LogP contribution in [0.1, 0.15) is 27.5 Å². The molecule has 44 heavy (non-hydrogen) atoms. The first-order valence-corrected chi connectivity index (χ1v) is 15.6. The maximum absolute atomic E-state index is 14.0. The fraction of sp³-hybridized carbons (Fsp3) is 0.200. The van der Waals surface area contributed by atoms with Gasteiger partial charge in [-0.1, -0.05) is 88.3 Å². The summed E-state index contributed by atoms with van der Waals surface area (Å²) in [6, 6.07) is 16.1. The zero-order valence-electron chi connectivity index (χ0n) is 22.5. The van der Waals surface area contributed by atoms with E-state index in [1.807, 2.05) is 19.1 Å². The van der Waals surface area contributed by atoms with Crippen molar-refractivity contribution in [3.63, 3.8) is 0 Å². The lowest BCUT2D eigenvalue weighted by molar-refractivity contribution is -0.137. The van der Waals surface area contributed by atoms with Gasteiger partial charge in [0, 0.05) is 16.5 Å². The third kappa shape index (κ3) is 5.23. The van der Waals surface area contributed by atoms with E-state index in [4.69, 9.17) is 23.2 Å². The molecule has 2 aliphatic rings. The number of anilines is 2. The average Bonchev–Trinajstić information content (AvgIpc) is 3.41. The highest BCUT2D eigenvalue weighted by Gasteiger charge is 2.58. The minimum atomic E-state index is -4.84. The second-order valence-corrected chi connectivity index (χ2v) is 13.2. The van der Waals surface area contributed by atoms with Crippen molar-refractivity contribution in [2.75, 3.05) is 10.2 Å². The van der Waals surface area contributed by atoms with Crippen LogP contribution in [0, 0.1) is 12.8 Å². The summed E-state index contributed by atoms with van der Waals surface area (Å²) >= 11 is 14.6. The summed E-state index contributed by atoms with van der Waals surface area (Å²) in [5, 5.41) is 2.01. The van der Waals surface area contributed by atoms with Gasteiger partial charge < -0.3 is 5.32 Å². The largest absolute Gasteiger partial charge is 0.418 e. The summed E-state index contributed by atoms with van der Waals surface area (Å²) in [5.41, 5.74) is 0.122. The van der Waals surface area contributed by atoms with Crippen LogP contribution in [0.25, 0.3) is 0 Å². The quantitative estimate of drug-likeness (QED) is 0.230. The van der Waals surface area contributed by atoms with Gasteiger partial charge in [0.15, 0.2) is 0 Å². The van der Waals surface area contributed by atoms with Crippen LogP contribution in [-0.4, -0.2) is 27.5 Å². The first-order valence-electron chi connectivity index (χ1n) is 13.1. The molecule has 1 saturated heterocycles. The molecule has 0 bridgehead atoms. The van der Waals surface area contributed by atoms with Gasteiger partial charge in [0.1, 0.15) is 11.8 Å². The molecular formula is C30H20Cl2F3N3O4S2. The molecule has 0 aliphatic carbocycles. The zero-order chi connectivity index (χ0) is 31.5. The molecule has 3 amide bonds. The summed E-state index contributed by atoms with van der Waals surface area (Å²) in [7, 11) is 0. The van der Waals surface area contributed by atoms with Gasteiger partial charge >= 0.3 is 11.0 Å². The van der Waals surface area contributed by atoms with Crippen molar-refractivity contribution in [1.82, 2.24) is 4.57 Å². The Labute approximate surface area is 266 Å². The van der Waals surface area contributed by atoms with Gasteiger partial charge in [0.25, 0.3) is 0 Å². The number of thiazole rings is 1. The monoisotopic (exact) mass is 677 g/mol. The highest BCUT2D eigenvalue weighted by Crippen LogP contribution is 2.55. The van der Waals surface area contributed by atoms with E-state index in [2.05, 4.69) is 5.32 Å². The fourth-order valence-electron chi connectivity index (χ4n) is 5.48. The number of nitrogens with one attached hydrogen (secondary N) is 1. The Morgan fingerprint density at radius 2 is 1.66 bits per heavy atom. The van der Waals surface area contributed by atoms with E-state index in [1.54, 1.807) is 24.3 Å². The molecular weight excluding hydrogens is 658 g/mol. The van der Waals surface area contributed by atoms with E-state index in [0.717, 1.165) is 40.8 Å². The van der Waals surface area contributed by atoms with E-state index >= 15 is 0 Å². The third-order valence-corrected chi connectivity index (χ3v) is 10.9. The molecule has 7 nitrogen and oxygen atoms in total. The van der Waals surface area contributed by atoms with Crippen molar-refractivity contribution in [1.29, 1.82) is 0 Å². The van der Waals surface area contributed by atoms with Gasteiger partial charge in [0.05, 0.1) is 32.2 Å². The number of amides is 3. The summed E-state index contributed by atoms with van der Waals surface area (Å²) in [4.78, 5) is 54.6. The predicted molar refractivity (Wildman–Crippen MR) is 164 cm³/mol. The lowest BCUT2D eigenvalue weighted by atomic mass is 9.83. The Bertz CT molecular complexity index is 1890. The summed E-state index contributed by atoms with van der Waals surface area (Å²) in [6.45, 7) is 1.50. The number of halogens is 5. The Kier molecular flexibility index (Phi) is 7.89. The standard InChI is InChI=1S/C30H20Cl2F3N3O4S2/c1-14-9-11-15(12-10-14)36-20(39)13-37-28-25(44-29(37)42)21(16-5-4-7-18(31)23(16)32)22-24(43-28)27(41)38(26(22)40)19-8-3-2-6-17(19)30(33,34)35/h2-12,21-22,24H,13H2,1H3,(H,36,39). The summed E-state index contributed by atoms with van der Waals surface area (Å²) in [6.07, 6.45) is -4.84. The number of alkyl halides is 3. The van der Waals surface area contributed by atoms with Crippen molar-refractivity contribution >= 4 is 75.4 Å². The number of nitrogens with zero attached hydrogens (tertiary/aromatic N) is 2. The van der Waals surface area contributed by atoms with Gasteiger partial charge in [0.2, 0.25) is 17.7 Å². The number of fused-ring (bicyclic) bond motifs is 2. The van der Waals surface area contributed by atoms with Gasteiger partial charge in [-0.05, 0) is 42.8 Å². The van der Waals surface area contributed by atoms with E-state index in [0.29, 0.717) is 21.0 Å². The Balaban J connectivity index is 1.46. The number of carbonyl (C=O) groups is 3. The summed E-state index contributed by atoms with van der Waals surface area (Å²) < 4.78 is 43.1. The van der Waals surface area contributed by atoms with Crippen molar-refractivity contribution in [2.45, 2.75) is 35.8 Å². The highest BCUT2D eigenvalue weighted by molar-refractivity contribution is 8.00. The second-order valence-electron chi connectivity index (χ2n) is 10.2. The van der Waals surface area contributed by atoms with Crippen LogP contribution >= 0.6 is 46.3 Å². The lowest BCUT2D eigenvalue weighted by Gasteiger charge is -2.31. The number of aryl methyl sites for hydroxylation is 1. The number of rotatable bonds is 5. The molecule has 6 rings (SSSR count). The Morgan fingerprint density at radius 3 is 2.36 bits per heavy atom. The second kappa shape index (κ2) is 11.4. The molecule has 1 N–H and O–H groups in total. The maximum atomic E-state index is 14.0. The number of hydrogen-bond donors (Lipinski definition) is 1. The van der Waals surface area contributed by atoms with E-state index in [-0.39, 0.29) is 15.1 Å². The number of thioether (sulfide) groups is 1. The molecule has 1 aromatic heterocycles. The maximum Gasteiger partial charge on any atom is 0.418 e. The molecule has 1 fully saturated rings. The minimum absolute atomic E-state index is 0.0784. The number of para-hydroxylation sites is 1. The SMILES string of the molecule is Cc1ccc(NC(=O)Cn2c3c(sc2=O)C(c2cccc(Cl)c2Cl)C2C(=O)N(c4ccccc4C(F)(F)F)C(=O)C2S3)cc1. The van der Waals surface area contributed by atoms with Crippen LogP contribution in [-0.2, 0) is 27.1 Å². The van der Waals surface area contributed by atoms with Crippen molar-refractivity contribution < 1.29 is 27.6 Å². The smallest absolute Gasteiger partial charge is 0.325 e. The van der Waals surface area contributed by atoms with Crippen LogP contribution in [0.15, 0.2) is 76.6 Å². The zero-order valence-corrected chi connectivity index (χ0v) is 25.7. The number of imide groups is 1. The number of benzene rings is 3. The van der Waals surface area contributed by atoms with Crippen LogP contribution in [0.3, 0.4) is 0 Å². The predicted octanol–water partition coefficient (Wildman–Crippen LogP) is 6.98. The third-order valence-electron chi connectivity index (χ3n) is 7.45. The van der Waals surface area contributed by atoms with E-state index in [9.17, 15) is 32.3 Å². The first-order chi connectivity index (χ1) is 20.9. The molecule has 0 radical (unpaired) electrons. The number of carbonyl (C=O) groups excluding carboxylic acids is 3. The molecule has 0 saturated carbocycles. The lowest BCUT2D eigenvalue weighted by Crippen LogP contribution is -2.33. The van der Waals surface area contributed by atoms with Gasteiger partial charge in [-0.3, -0.25) is 23.7 Å². The molecule has 3 aromatic carbocycles. The van der Waals surface area contributed by atoms with Crippen LogP contribution in [0.5, 0.6) is 0 Å². The van der Waals surface area contributed by atoms with E-state index in [1.165, 1.54) is 22.8 Å². The number of aromatic nitrogens is 1. The van der Waals surface area contributed by atoms with Gasteiger partial charge in [-0.25, -0.2) is 4.90 Å². The molecule has 3 unspecified atom stereocenters. The van der Waals surface area contributed by atoms with Crippen molar-refractivity contribution in [3.05, 3.63) is 108 Å². The normalized spacial score (nSPS) is 19.6.